The second-order valence-corrected chi connectivity index (χ2v) is 4.78. The monoisotopic (exact) mass is 242 g/mol. The van der Waals surface area contributed by atoms with Crippen LogP contribution in [0.4, 0.5) is 0 Å². The number of hydrogen-bond acceptors (Lipinski definition) is 1. The summed E-state index contributed by atoms with van der Waals surface area (Å²) in [5, 5.41) is 0. The number of rotatable bonds is 4. The lowest BCUT2D eigenvalue weighted by Crippen LogP contribution is -2.28. The number of hydrogen-bond donors (Lipinski definition) is 0. The van der Waals surface area contributed by atoms with Crippen molar-refractivity contribution in [2.24, 2.45) is 0 Å². The van der Waals surface area contributed by atoms with Gasteiger partial charge in [0.2, 0.25) is 0 Å². The van der Waals surface area contributed by atoms with Gasteiger partial charge in [0.1, 0.15) is 5.60 Å². The van der Waals surface area contributed by atoms with Crippen LogP contribution in [0.5, 0.6) is 0 Å². The maximum atomic E-state index is 6.06. The van der Waals surface area contributed by atoms with Crippen molar-refractivity contribution in [2.45, 2.75) is 12.5 Å². The summed E-state index contributed by atoms with van der Waals surface area (Å²) in [7, 11) is 1.05. The van der Waals surface area contributed by atoms with Gasteiger partial charge >= 0.3 is 0 Å². The highest BCUT2D eigenvalue weighted by Crippen LogP contribution is 2.32. The van der Waals surface area contributed by atoms with Gasteiger partial charge in [-0.1, -0.05) is 60.7 Å². The third-order valence-corrected chi connectivity index (χ3v) is 3.37. The molecule has 0 atom stereocenters. The highest BCUT2D eigenvalue weighted by molar-refractivity contribution is 6.08. The Hall–Kier alpha value is -1.38. The molecule has 0 aromatic heterocycles. The molecule has 0 heterocycles. The molecule has 2 heteroatoms. The minimum atomic E-state index is -0.329. The fraction of sp³-hybridized carbons (Fsp3) is 0.200. The lowest BCUT2D eigenvalue weighted by Gasteiger charge is -2.30. The van der Waals surface area contributed by atoms with Gasteiger partial charge in [0.25, 0.3) is 0 Å². The smallest absolute Gasteiger partial charge is 0.115 e. The molecule has 0 amide bonds. The summed E-state index contributed by atoms with van der Waals surface area (Å²) < 4.78 is 6.06. The van der Waals surface area contributed by atoms with Crippen LogP contribution in [0.25, 0.3) is 0 Å². The molecule has 17 heavy (non-hydrogen) atoms. The highest BCUT2D eigenvalue weighted by atomic mass is 28.1. The zero-order chi connectivity index (χ0) is 12.1. The quantitative estimate of drug-likeness (QED) is 0.748. The molecule has 0 aliphatic carbocycles. The van der Waals surface area contributed by atoms with Crippen LogP contribution in [0.3, 0.4) is 0 Å². The van der Waals surface area contributed by atoms with Crippen LogP contribution in [0.1, 0.15) is 18.1 Å². The predicted molar refractivity (Wildman–Crippen MR) is 75.2 cm³/mol. The first-order valence-electron chi connectivity index (χ1n) is 6.02. The van der Waals surface area contributed by atoms with Crippen LogP contribution in [0.2, 0.25) is 0 Å². The van der Waals surface area contributed by atoms with Crippen LogP contribution < -0.4 is 0 Å². The summed E-state index contributed by atoms with van der Waals surface area (Å²) >= 11 is 0. The van der Waals surface area contributed by atoms with Crippen molar-refractivity contribution < 1.29 is 4.74 Å². The van der Waals surface area contributed by atoms with E-state index >= 15 is 0 Å². The average Bonchev–Trinajstić information content (AvgIpc) is 2.41. The molecule has 2 rings (SSSR count). The zero-order valence-electron chi connectivity index (χ0n) is 10.4. The van der Waals surface area contributed by atoms with Gasteiger partial charge in [-0.25, -0.2) is 0 Å². The first-order valence-corrected chi connectivity index (χ1v) is 7.44. The van der Waals surface area contributed by atoms with E-state index in [9.17, 15) is 0 Å². The molecule has 0 N–H and O–H groups in total. The van der Waals surface area contributed by atoms with Gasteiger partial charge in [-0.3, -0.25) is 0 Å². The van der Waals surface area contributed by atoms with Gasteiger partial charge in [-0.05, 0) is 18.1 Å². The zero-order valence-corrected chi connectivity index (χ0v) is 12.4. The highest BCUT2D eigenvalue weighted by Gasteiger charge is 2.28. The van der Waals surface area contributed by atoms with Crippen molar-refractivity contribution in [3.05, 3.63) is 71.8 Å². The average molecular weight is 242 g/mol. The Balaban J connectivity index is 2.47. The molecular formula is C15H18OSi. The molecule has 0 fully saturated rings. The standard InChI is InChI=1S/C15H18OSi/c1-15(16-12-17,13-8-4-2-5-9-13)14-10-6-3-7-11-14/h2-11H,12H2,1,17H3. The van der Waals surface area contributed by atoms with Crippen LogP contribution in [0, 0.1) is 0 Å². The Morgan fingerprint density at radius 1 is 0.882 bits per heavy atom. The Morgan fingerprint density at radius 3 is 1.65 bits per heavy atom. The van der Waals surface area contributed by atoms with Crippen molar-refractivity contribution >= 4 is 10.2 Å². The van der Waals surface area contributed by atoms with E-state index in [-0.39, 0.29) is 5.60 Å². The molecule has 88 valence electrons. The molecule has 0 aliphatic rings. The maximum Gasteiger partial charge on any atom is 0.115 e. The topological polar surface area (TPSA) is 9.23 Å². The minimum absolute atomic E-state index is 0.329. The van der Waals surface area contributed by atoms with E-state index in [2.05, 4.69) is 55.5 Å². The third-order valence-electron chi connectivity index (χ3n) is 3.08. The lowest BCUT2D eigenvalue weighted by atomic mass is 9.88. The summed E-state index contributed by atoms with van der Waals surface area (Å²) in [6, 6.07) is 20.8. The largest absolute Gasteiger partial charge is 0.370 e. The molecule has 2 aromatic rings. The lowest BCUT2D eigenvalue weighted by molar-refractivity contribution is 0.0250. The molecule has 0 bridgehead atoms. The van der Waals surface area contributed by atoms with Crippen LogP contribution in [-0.2, 0) is 10.3 Å². The Bertz CT molecular complexity index is 413. The Kier molecular flexibility index (Phi) is 3.77. The Morgan fingerprint density at radius 2 is 1.29 bits per heavy atom. The van der Waals surface area contributed by atoms with Crippen LogP contribution in [0.15, 0.2) is 60.7 Å². The fourth-order valence-electron chi connectivity index (χ4n) is 2.13. The predicted octanol–water partition coefficient (Wildman–Crippen LogP) is 2.29. The van der Waals surface area contributed by atoms with Crippen molar-refractivity contribution in [2.75, 3.05) is 6.23 Å². The summed E-state index contributed by atoms with van der Waals surface area (Å²) in [5.41, 5.74) is 2.09. The van der Waals surface area contributed by atoms with Gasteiger partial charge in [-0.2, -0.15) is 0 Å². The summed E-state index contributed by atoms with van der Waals surface area (Å²) in [5.74, 6) is 0. The molecule has 1 nitrogen and oxygen atoms in total. The van der Waals surface area contributed by atoms with Crippen molar-refractivity contribution in [1.29, 1.82) is 0 Å². The normalized spacial score (nSPS) is 11.6. The minimum Gasteiger partial charge on any atom is -0.370 e. The first kappa shape index (κ1) is 12.1. The van der Waals surface area contributed by atoms with Gasteiger partial charge < -0.3 is 4.74 Å². The molecule has 0 saturated heterocycles. The Labute approximate surface area is 106 Å². The van der Waals surface area contributed by atoms with E-state index in [4.69, 9.17) is 4.74 Å². The summed E-state index contributed by atoms with van der Waals surface area (Å²) in [6.45, 7) is 2.15. The second-order valence-electron chi connectivity index (χ2n) is 4.20. The SMILES string of the molecule is CC(OC[SiH3])(c1ccccc1)c1ccccc1. The van der Waals surface area contributed by atoms with Gasteiger partial charge in [0.15, 0.2) is 0 Å². The molecule has 0 radical (unpaired) electrons. The molecular weight excluding hydrogens is 224 g/mol. The van der Waals surface area contributed by atoms with E-state index < -0.39 is 0 Å². The van der Waals surface area contributed by atoms with Crippen molar-refractivity contribution in [3.8, 4) is 0 Å². The maximum absolute atomic E-state index is 6.06. The van der Waals surface area contributed by atoms with Gasteiger partial charge in [0, 0.05) is 16.5 Å². The fourth-order valence-corrected chi connectivity index (χ4v) is 2.71. The molecule has 0 aliphatic heterocycles. The van der Waals surface area contributed by atoms with Gasteiger partial charge in [0.05, 0.1) is 0 Å². The van der Waals surface area contributed by atoms with Crippen molar-refractivity contribution in [3.63, 3.8) is 0 Å². The van der Waals surface area contributed by atoms with E-state index in [1.54, 1.807) is 0 Å². The number of ether oxygens (including phenoxy) is 1. The summed E-state index contributed by atoms with van der Waals surface area (Å²) in [6.07, 6.45) is 0.834. The summed E-state index contributed by atoms with van der Waals surface area (Å²) in [4.78, 5) is 0. The third kappa shape index (κ3) is 2.48. The van der Waals surface area contributed by atoms with E-state index in [1.165, 1.54) is 11.1 Å². The molecule has 0 saturated carbocycles. The van der Waals surface area contributed by atoms with E-state index in [0.29, 0.717) is 0 Å². The molecule has 0 unspecified atom stereocenters. The van der Waals surface area contributed by atoms with Gasteiger partial charge in [-0.15, -0.1) is 0 Å². The van der Waals surface area contributed by atoms with Crippen LogP contribution in [-0.4, -0.2) is 16.5 Å². The second kappa shape index (κ2) is 5.30. The molecule has 2 aromatic carbocycles. The molecule has 0 spiro atoms. The first-order chi connectivity index (χ1) is 8.27. The number of benzene rings is 2. The van der Waals surface area contributed by atoms with E-state index in [1.807, 2.05) is 12.1 Å². The van der Waals surface area contributed by atoms with E-state index in [0.717, 1.165) is 16.5 Å². The van der Waals surface area contributed by atoms with Crippen molar-refractivity contribution in [1.82, 2.24) is 0 Å². The van der Waals surface area contributed by atoms with Crippen LogP contribution >= 0.6 is 0 Å².